The average molecular weight is 464 g/mol. The lowest BCUT2D eigenvalue weighted by atomic mass is 9.98. The third-order valence-corrected chi connectivity index (χ3v) is 6.44. The third-order valence-electron chi connectivity index (χ3n) is 6.44. The summed E-state index contributed by atoms with van der Waals surface area (Å²) in [6, 6.07) is 27.9. The summed E-state index contributed by atoms with van der Waals surface area (Å²) in [6.45, 7) is 0.663. The van der Waals surface area contributed by atoms with E-state index in [1.807, 2.05) is 65.2 Å². The van der Waals surface area contributed by atoms with Gasteiger partial charge in [-0.15, -0.1) is 0 Å². The van der Waals surface area contributed by atoms with Crippen molar-refractivity contribution in [2.45, 2.75) is 25.4 Å². The van der Waals surface area contributed by atoms with Crippen LogP contribution in [0.5, 0.6) is 11.5 Å². The smallest absolute Gasteiger partial charge is 0.254 e. The number of para-hydroxylation sites is 1. The molecular formula is C28H25N5O2. The fourth-order valence-corrected chi connectivity index (χ4v) is 4.76. The van der Waals surface area contributed by atoms with E-state index in [1.165, 1.54) is 5.56 Å². The van der Waals surface area contributed by atoms with Gasteiger partial charge in [0.15, 0.2) is 5.65 Å². The van der Waals surface area contributed by atoms with Crippen molar-refractivity contribution in [3.8, 4) is 22.8 Å². The maximum Gasteiger partial charge on any atom is 0.254 e. The summed E-state index contributed by atoms with van der Waals surface area (Å²) in [4.78, 5) is 17.4. The molecule has 1 atom stereocenters. The Hall–Kier alpha value is -4.36. The van der Waals surface area contributed by atoms with E-state index in [0.29, 0.717) is 29.2 Å². The molecule has 0 saturated carbocycles. The first-order chi connectivity index (χ1) is 17.2. The zero-order valence-electron chi connectivity index (χ0n) is 19.1. The number of aromatic amines is 1. The van der Waals surface area contributed by atoms with Crippen LogP contribution in [0.25, 0.3) is 16.9 Å². The lowest BCUT2D eigenvalue weighted by Crippen LogP contribution is -2.37. The number of nitrogens with zero attached hydrogens (tertiary/aromatic N) is 2. The lowest BCUT2D eigenvalue weighted by Gasteiger charge is -2.23. The summed E-state index contributed by atoms with van der Waals surface area (Å²) in [5.41, 5.74) is 11.6. The molecule has 6 rings (SSSR count). The van der Waals surface area contributed by atoms with Crippen molar-refractivity contribution in [3.05, 3.63) is 107 Å². The highest BCUT2D eigenvalue weighted by molar-refractivity contribution is 6.04. The number of carbonyl (C=O) groups excluding carboxylic acids is 1. The Labute approximate surface area is 202 Å². The molecule has 0 spiro atoms. The highest BCUT2D eigenvalue weighted by atomic mass is 16.5. The normalized spacial score (nSPS) is 15.1. The molecule has 3 heterocycles. The molecule has 7 heteroatoms. The van der Waals surface area contributed by atoms with Crippen LogP contribution in [-0.2, 0) is 19.4 Å². The summed E-state index contributed by atoms with van der Waals surface area (Å²) >= 11 is 0. The number of nitrogens with one attached hydrogen (secondary N) is 2. The second kappa shape index (κ2) is 8.77. The van der Waals surface area contributed by atoms with Gasteiger partial charge in [0.25, 0.3) is 5.91 Å². The summed E-state index contributed by atoms with van der Waals surface area (Å²) in [6.07, 6.45) is 1.72. The highest BCUT2D eigenvalue weighted by Gasteiger charge is 2.28. The van der Waals surface area contributed by atoms with Gasteiger partial charge >= 0.3 is 0 Å². The zero-order valence-corrected chi connectivity index (χ0v) is 19.1. The van der Waals surface area contributed by atoms with Gasteiger partial charge in [0.2, 0.25) is 0 Å². The number of ether oxygens (including phenoxy) is 1. The number of amides is 1. The van der Waals surface area contributed by atoms with Crippen molar-refractivity contribution >= 4 is 11.6 Å². The van der Waals surface area contributed by atoms with E-state index in [1.54, 1.807) is 0 Å². The van der Waals surface area contributed by atoms with Gasteiger partial charge in [0, 0.05) is 24.6 Å². The molecule has 7 nitrogen and oxygen atoms in total. The standard InChI is InChI=1S/C28H25N5O2/c29-27(34)25-26(19-11-13-22(14-12-19)35-21-9-5-2-6-10-21)32-33-24-17-30-20(16-23(24)31-28(25)33)15-18-7-3-1-4-8-18/h1-14,20,30,32H,15-17H2,(H2,29,34). The molecule has 5 aromatic rings. The van der Waals surface area contributed by atoms with Gasteiger partial charge in [-0.2, -0.15) is 0 Å². The van der Waals surface area contributed by atoms with Crippen molar-refractivity contribution in [1.29, 1.82) is 0 Å². The van der Waals surface area contributed by atoms with Crippen LogP contribution in [0.15, 0.2) is 84.9 Å². The Morgan fingerprint density at radius 2 is 1.66 bits per heavy atom. The molecule has 1 unspecified atom stereocenters. The number of imidazole rings is 1. The van der Waals surface area contributed by atoms with Crippen molar-refractivity contribution in [3.63, 3.8) is 0 Å². The van der Waals surface area contributed by atoms with Crippen LogP contribution in [0.2, 0.25) is 0 Å². The van der Waals surface area contributed by atoms with E-state index in [9.17, 15) is 4.79 Å². The molecule has 35 heavy (non-hydrogen) atoms. The number of carbonyl (C=O) groups is 1. The highest BCUT2D eigenvalue weighted by Crippen LogP contribution is 2.31. The van der Waals surface area contributed by atoms with Crippen LogP contribution >= 0.6 is 0 Å². The minimum atomic E-state index is -0.507. The summed E-state index contributed by atoms with van der Waals surface area (Å²) in [7, 11) is 0. The number of hydrogen-bond acceptors (Lipinski definition) is 4. The van der Waals surface area contributed by atoms with Crippen molar-refractivity contribution in [2.75, 3.05) is 0 Å². The quantitative estimate of drug-likeness (QED) is 0.346. The first kappa shape index (κ1) is 21.2. The van der Waals surface area contributed by atoms with Gasteiger partial charge in [-0.05, 0) is 48.4 Å². The van der Waals surface area contributed by atoms with E-state index < -0.39 is 5.91 Å². The first-order valence-corrected chi connectivity index (χ1v) is 11.7. The van der Waals surface area contributed by atoms with Gasteiger partial charge in [-0.3, -0.25) is 9.89 Å². The van der Waals surface area contributed by atoms with Crippen molar-refractivity contribution < 1.29 is 9.53 Å². The van der Waals surface area contributed by atoms with Crippen LogP contribution in [0.3, 0.4) is 0 Å². The van der Waals surface area contributed by atoms with Crippen LogP contribution in [0.1, 0.15) is 27.3 Å². The largest absolute Gasteiger partial charge is 0.457 e. The van der Waals surface area contributed by atoms with Crippen LogP contribution in [0.4, 0.5) is 0 Å². The molecule has 2 aromatic heterocycles. The summed E-state index contributed by atoms with van der Waals surface area (Å²) in [5, 5.41) is 6.99. The van der Waals surface area contributed by atoms with E-state index in [0.717, 1.165) is 35.5 Å². The van der Waals surface area contributed by atoms with Crippen LogP contribution < -0.4 is 15.8 Å². The Bertz CT molecular complexity index is 1490. The summed E-state index contributed by atoms with van der Waals surface area (Å²) in [5.74, 6) is 0.969. The molecule has 0 bridgehead atoms. The molecule has 3 aromatic carbocycles. The fraction of sp³-hybridized carbons (Fsp3) is 0.143. The zero-order chi connectivity index (χ0) is 23.8. The molecular weight excluding hydrogens is 438 g/mol. The number of benzene rings is 3. The van der Waals surface area contributed by atoms with Gasteiger partial charge < -0.3 is 15.8 Å². The third kappa shape index (κ3) is 4.06. The Kier molecular flexibility index (Phi) is 5.31. The molecule has 0 saturated heterocycles. The van der Waals surface area contributed by atoms with E-state index in [4.69, 9.17) is 15.5 Å². The Morgan fingerprint density at radius 1 is 0.971 bits per heavy atom. The van der Waals surface area contributed by atoms with Gasteiger partial charge in [-0.1, -0.05) is 48.5 Å². The molecule has 0 radical (unpaired) electrons. The van der Waals surface area contributed by atoms with E-state index in [-0.39, 0.29) is 6.04 Å². The number of rotatable bonds is 6. The number of H-pyrrole nitrogens is 1. The van der Waals surface area contributed by atoms with Crippen LogP contribution in [-0.4, -0.2) is 26.5 Å². The molecule has 0 fully saturated rings. The predicted octanol–water partition coefficient (Wildman–Crippen LogP) is 4.48. The Balaban J connectivity index is 1.29. The van der Waals surface area contributed by atoms with E-state index >= 15 is 0 Å². The molecule has 0 aliphatic carbocycles. The molecule has 1 amide bonds. The fourth-order valence-electron chi connectivity index (χ4n) is 4.76. The molecule has 174 valence electrons. The molecule has 1 aliphatic rings. The average Bonchev–Trinajstić information content (AvgIpc) is 3.41. The van der Waals surface area contributed by atoms with Gasteiger partial charge in [-0.25, -0.2) is 9.50 Å². The number of hydrogen-bond donors (Lipinski definition) is 3. The minimum absolute atomic E-state index is 0.290. The second-order valence-corrected chi connectivity index (χ2v) is 8.80. The van der Waals surface area contributed by atoms with E-state index in [2.05, 4.69) is 34.7 Å². The van der Waals surface area contributed by atoms with Crippen LogP contribution in [0, 0.1) is 0 Å². The van der Waals surface area contributed by atoms with Gasteiger partial charge in [0.05, 0.1) is 17.1 Å². The number of nitrogens with two attached hydrogens (primary N) is 1. The van der Waals surface area contributed by atoms with Crippen molar-refractivity contribution in [2.24, 2.45) is 5.73 Å². The number of aromatic nitrogens is 3. The monoisotopic (exact) mass is 463 g/mol. The van der Waals surface area contributed by atoms with Crippen molar-refractivity contribution in [1.82, 2.24) is 19.9 Å². The maximum atomic E-state index is 12.5. The first-order valence-electron chi connectivity index (χ1n) is 11.7. The lowest BCUT2D eigenvalue weighted by molar-refractivity contribution is 0.100. The summed E-state index contributed by atoms with van der Waals surface area (Å²) < 4.78 is 7.78. The molecule has 4 N–H and O–H groups in total. The minimum Gasteiger partial charge on any atom is -0.457 e. The Morgan fingerprint density at radius 3 is 2.37 bits per heavy atom. The topological polar surface area (TPSA) is 97.4 Å². The maximum absolute atomic E-state index is 12.5. The molecule has 1 aliphatic heterocycles. The number of primary amides is 1. The predicted molar refractivity (Wildman–Crippen MR) is 134 cm³/mol. The number of fused-ring (bicyclic) bond motifs is 3. The van der Waals surface area contributed by atoms with Gasteiger partial charge in [0.1, 0.15) is 17.1 Å². The second-order valence-electron chi connectivity index (χ2n) is 8.80. The SMILES string of the molecule is NC(=O)c1c(-c2ccc(Oc3ccccc3)cc2)[nH]n2c3c(nc12)CC(Cc1ccccc1)NC3.